The molecule has 16 heavy (non-hydrogen) atoms. The highest BCUT2D eigenvalue weighted by Gasteiger charge is 2.28. The Balaban J connectivity index is 2.32. The number of aromatic nitrogens is 1. The van der Waals surface area contributed by atoms with Crippen molar-refractivity contribution in [3.05, 3.63) is 23.6 Å². The van der Waals surface area contributed by atoms with Gasteiger partial charge < -0.3 is 10.6 Å². The van der Waals surface area contributed by atoms with Gasteiger partial charge in [0.05, 0.1) is 6.20 Å². The van der Waals surface area contributed by atoms with Crippen molar-refractivity contribution in [2.24, 2.45) is 11.7 Å². The van der Waals surface area contributed by atoms with E-state index in [0.29, 0.717) is 18.5 Å². The maximum atomic E-state index is 13.1. The number of rotatable bonds is 2. The van der Waals surface area contributed by atoms with Gasteiger partial charge in [-0.2, -0.15) is 0 Å². The van der Waals surface area contributed by atoms with Gasteiger partial charge in [0.2, 0.25) is 0 Å². The SMILES string of the molecule is CC1CC(C)N(c2ncc(F)cc2CN)C1. The third-order valence-electron chi connectivity index (χ3n) is 3.19. The summed E-state index contributed by atoms with van der Waals surface area (Å²) in [4.78, 5) is 6.42. The predicted octanol–water partition coefficient (Wildman–Crippen LogP) is 1.91. The lowest BCUT2D eigenvalue weighted by molar-refractivity contribution is 0.615. The quantitative estimate of drug-likeness (QED) is 0.832. The standard InChI is InChI=1S/C12H18FN3/c1-8-3-9(2)16(7-8)12-10(5-14)4-11(13)6-15-12/h4,6,8-9H,3,5,7,14H2,1-2H3. The Morgan fingerprint density at radius 1 is 1.56 bits per heavy atom. The zero-order valence-electron chi connectivity index (χ0n) is 9.78. The number of halogens is 1. The molecule has 2 heterocycles. The van der Waals surface area contributed by atoms with Crippen LogP contribution in [0.1, 0.15) is 25.8 Å². The van der Waals surface area contributed by atoms with Gasteiger partial charge in [-0.25, -0.2) is 9.37 Å². The van der Waals surface area contributed by atoms with Crippen molar-refractivity contribution < 1.29 is 4.39 Å². The van der Waals surface area contributed by atoms with Crippen LogP contribution in [0.25, 0.3) is 0 Å². The molecule has 1 aromatic heterocycles. The second-order valence-corrected chi connectivity index (χ2v) is 4.68. The maximum Gasteiger partial charge on any atom is 0.141 e. The predicted molar refractivity (Wildman–Crippen MR) is 62.7 cm³/mol. The van der Waals surface area contributed by atoms with Crippen LogP contribution in [0.4, 0.5) is 10.2 Å². The second-order valence-electron chi connectivity index (χ2n) is 4.68. The van der Waals surface area contributed by atoms with Crippen molar-refractivity contribution in [3.63, 3.8) is 0 Å². The summed E-state index contributed by atoms with van der Waals surface area (Å²) in [6.45, 7) is 5.71. The summed E-state index contributed by atoms with van der Waals surface area (Å²) in [6.07, 6.45) is 2.42. The number of pyridine rings is 1. The Labute approximate surface area is 95.5 Å². The highest BCUT2D eigenvalue weighted by molar-refractivity contribution is 5.48. The number of anilines is 1. The monoisotopic (exact) mass is 223 g/mol. The molecule has 1 aliphatic heterocycles. The summed E-state index contributed by atoms with van der Waals surface area (Å²) >= 11 is 0. The summed E-state index contributed by atoms with van der Waals surface area (Å²) in [5.74, 6) is 1.19. The smallest absolute Gasteiger partial charge is 0.141 e. The van der Waals surface area contributed by atoms with E-state index in [1.165, 1.54) is 12.3 Å². The lowest BCUT2D eigenvalue weighted by atomic mass is 10.1. The third-order valence-corrected chi connectivity index (χ3v) is 3.19. The van der Waals surface area contributed by atoms with Crippen molar-refractivity contribution >= 4 is 5.82 Å². The van der Waals surface area contributed by atoms with Crippen LogP contribution in [0.2, 0.25) is 0 Å². The first-order valence-electron chi connectivity index (χ1n) is 5.73. The molecule has 1 saturated heterocycles. The van der Waals surface area contributed by atoms with E-state index < -0.39 is 0 Å². The molecule has 2 atom stereocenters. The van der Waals surface area contributed by atoms with Gasteiger partial charge in [0.1, 0.15) is 11.6 Å². The van der Waals surface area contributed by atoms with Crippen molar-refractivity contribution in [2.75, 3.05) is 11.4 Å². The normalized spacial score (nSPS) is 25.1. The largest absolute Gasteiger partial charge is 0.353 e. The van der Waals surface area contributed by atoms with Gasteiger partial charge in [0, 0.05) is 24.7 Å². The van der Waals surface area contributed by atoms with Crippen LogP contribution in [0, 0.1) is 11.7 Å². The molecule has 0 saturated carbocycles. The fraction of sp³-hybridized carbons (Fsp3) is 0.583. The minimum absolute atomic E-state index is 0.316. The van der Waals surface area contributed by atoms with Crippen LogP contribution in [-0.4, -0.2) is 17.6 Å². The van der Waals surface area contributed by atoms with E-state index >= 15 is 0 Å². The van der Waals surface area contributed by atoms with E-state index in [2.05, 4.69) is 23.7 Å². The highest BCUT2D eigenvalue weighted by atomic mass is 19.1. The van der Waals surface area contributed by atoms with Gasteiger partial charge in [-0.3, -0.25) is 0 Å². The fourth-order valence-corrected chi connectivity index (χ4v) is 2.48. The molecular formula is C12H18FN3. The molecule has 2 unspecified atom stereocenters. The molecule has 2 rings (SSSR count). The topological polar surface area (TPSA) is 42.2 Å². The van der Waals surface area contributed by atoms with Crippen LogP contribution < -0.4 is 10.6 Å². The fourth-order valence-electron chi connectivity index (χ4n) is 2.48. The van der Waals surface area contributed by atoms with Gasteiger partial charge in [0.15, 0.2) is 0 Å². The van der Waals surface area contributed by atoms with Crippen molar-refractivity contribution in [3.8, 4) is 0 Å². The van der Waals surface area contributed by atoms with E-state index in [4.69, 9.17) is 5.73 Å². The first-order valence-corrected chi connectivity index (χ1v) is 5.73. The Morgan fingerprint density at radius 3 is 2.88 bits per heavy atom. The van der Waals surface area contributed by atoms with Crippen LogP contribution in [0.3, 0.4) is 0 Å². The van der Waals surface area contributed by atoms with Gasteiger partial charge >= 0.3 is 0 Å². The number of nitrogens with zero attached hydrogens (tertiary/aromatic N) is 2. The molecule has 88 valence electrons. The van der Waals surface area contributed by atoms with Gasteiger partial charge in [0.25, 0.3) is 0 Å². The maximum absolute atomic E-state index is 13.1. The van der Waals surface area contributed by atoms with E-state index in [-0.39, 0.29) is 5.82 Å². The van der Waals surface area contributed by atoms with Crippen molar-refractivity contribution in [1.82, 2.24) is 4.98 Å². The third kappa shape index (κ3) is 2.02. The number of hydrogen-bond acceptors (Lipinski definition) is 3. The molecule has 1 aliphatic rings. The molecule has 1 fully saturated rings. The Bertz CT molecular complexity index is 381. The average Bonchev–Trinajstić information content (AvgIpc) is 2.57. The van der Waals surface area contributed by atoms with E-state index in [1.54, 1.807) is 0 Å². The summed E-state index contributed by atoms with van der Waals surface area (Å²) < 4.78 is 13.1. The number of hydrogen-bond donors (Lipinski definition) is 1. The highest BCUT2D eigenvalue weighted by Crippen LogP contribution is 2.29. The molecule has 3 nitrogen and oxygen atoms in total. The Kier molecular flexibility index (Phi) is 3.10. The summed E-state index contributed by atoms with van der Waals surface area (Å²) in [7, 11) is 0. The molecule has 0 aliphatic carbocycles. The van der Waals surface area contributed by atoms with E-state index in [0.717, 1.165) is 24.3 Å². The van der Waals surface area contributed by atoms with Crippen LogP contribution in [0.5, 0.6) is 0 Å². The van der Waals surface area contributed by atoms with Gasteiger partial charge in [-0.05, 0) is 25.3 Å². The van der Waals surface area contributed by atoms with Crippen molar-refractivity contribution in [1.29, 1.82) is 0 Å². The first-order chi connectivity index (χ1) is 7.61. The molecule has 1 aromatic rings. The zero-order chi connectivity index (χ0) is 11.7. The minimum atomic E-state index is -0.316. The molecular weight excluding hydrogens is 205 g/mol. The van der Waals surface area contributed by atoms with Gasteiger partial charge in [-0.15, -0.1) is 0 Å². The minimum Gasteiger partial charge on any atom is -0.353 e. The van der Waals surface area contributed by atoms with Gasteiger partial charge in [-0.1, -0.05) is 6.92 Å². The molecule has 4 heteroatoms. The number of nitrogens with two attached hydrogens (primary N) is 1. The molecule has 0 radical (unpaired) electrons. The second kappa shape index (κ2) is 4.37. The average molecular weight is 223 g/mol. The summed E-state index contributed by atoms with van der Waals surface area (Å²) in [5.41, 5.74) is 6.43. The van der Waals surface area contributed by atoms with E-state index in [1.807, 2.05) is 0 Å². The molecule has 0 aromatic carbocycles. The van der Waals surface area contributed by atoms with Crippen LogP contribution in [0.15, 0.2) is 12.3 Å². The Hall–Kier alpha value is -1.16. The molecule has 2 N–H and O–H groups in total. The Morgan fingerprint density at radius 2 is 2.31 bits per heavy atom. The molecule has 0 amide bonds. The summed E-state index contributed by atoms with van der Waals surface area (Å²) in [5, 5.41) is 0. The van der Waals surface area contributed by atoms with Crippen LogP contribution in [-0.2, 0) is 6.54 Å². The first kappa shape index (κ1) is 11.3. The van der Waals surface area contributed by atoms with Crippen LogP contribution >= 0.6 is 0 Å². The lowest BCUT2D eigenvalue weighted by Crippen LogP contribution is -2.29. The van der Waals surface area contributed by atoms with Crippen molar-refractivity contribution in [2.45, 2.75) is 32.9 Å². The lowest BCUT2D eigenvalue weighted by Gasteiger charge is -2.24. The molecule has 0 spiro atoms. The zero-order valence-corrected chi connectivity index (χ0v) is 9.78. The summed E-state index contributed by atoms with van der Waals surface area (Å²) in [6, 6.07) is 1.94. The van der Waals surface area contributed by atoms with E-state index in [9.17, 15) is 4.39 Å². The molecule has 0 bridgehead atoms.